The summed E-state index contributed by atoms with van der Waals surface area (Å²) in [6, 6.07) is 16.8. The van der Waals surface area contributed by atoms with Gasteiger partial charge in [0.05, 0.1) is 17.8 Å². The zero-order chi connectivity index (χ0) is 21.3. The highest BCUT2D eigenvalue weighted by Gasteiger charge is 2.41. The molecule has 3 aromatic rings. The number of pyridine rings is 1. The highest BCUT2D eigenvalue weighted by atomic mass is 32.1. The largest absolute Gasteiger partial charge is 0.396 e. The number of hydrogen-bond acceptors (Lipinski definition) is 3. The van der Waals surface area contributed by atoms with Crippen LogP contribution in [0.15, 0.2) is 54.7 Å². The molecule has 2 aromatic heterocycles. The van der Waals surface area contributed by atoms with Crippen molar-refractivity contribution in [1.82, 2.24) is 19.8 Å². The van der Waals surface area contributed by atoms with Gasteiger partial charge >= 0.3 is 0 Å². The molecular formula is C24H28N4OS. The molecule has 2 atom stereocenters. The van der Waals surface area contributed by atoms with E-state index in [0.29, 0.717) is 18.1 Å². The predicted octanol–water partition coefficient (Wildman–Crippen LogP) is 4.15. The number of nitrogens with one attached hydrogen (secondary N) is 1. The maximum absolute atomic E-state index is 9.42. The molecule has 156 valence electrons. The third-order valence-corrected chi connectivity index (χ3v) is 6.16. The molecule has 1 saturated heterocycles. The van der Waals surface area contributed by atoms with E-state index in [0.717, 1.165) is 5.69 Å². The fraction of sp³-hybridized carbons (Fsp3) is 0.333. The normalized spacial score (nSPS) is 18.7. The lowest BCUT2D eigenvalue weighted by atomic mass is 9.96. The van der Waals surface area contributed by atoms with E-state index in [1.54, 1.807) is 0 Å². The standard InChI is InChI=1S/C24H28N4OS/c1-16-8-6-9-19(14-16)28-17(2)15-20(18(28)3)23-22(21-10-4-5-11-25-21)26-24(30)27(23)12-7-13-29/h4-6,8-11,14-15,22-23,29H,7,12-13H2,1-3H3,(H,26,30)/t22-,23+/m0/s1. The summed E-state index contributed by atoms with van der Waals surface area (Å²) in [7, 11) is 0. The highest BCUT2D eigenvalue weighted by molar-refractivity contribution is 7.80. The molecule has 0 saturated carbocycles. The molecule has 1 aliphatic rings. The SMILES string of the molecule is Cc1cccc(-n2c(C)cc([C@@H]3[C@H](c4ccccn4)NC(=S)N3CCCO)c2C)c1. The average Bonchev–Trinajstić information content (AvgIpc) is 3.22. The molecule has 5 nitrogen and oxygen atoms in total. The third-order valence-electron chi connectivity index (χ3n) is 5.80. The summed E-state index contributed by atoms with van der Waals surface area (Å²) < 4.78 is 2.31. The number of aliphatic hydroxyl groups is 1. The third kappa shape index (κ3) is 3.73. The van der Waals surface area contributed by atoms with Crippen LogP contribution in [0.5, 0.6) is 0 Å². The van der Waals surface area contributed by atoms with Gasteiger partial charge in [-0.2, -0.15) is 0 Å². The number of rotatable bonds is 6. The number of aryl methyl sites for hydroxylation is 2. The smallest absolute Gasteiger partial charge is 0.170 e. The fourth-order valence-corrected chi connectivity index (χ4v) is 4.81. The average molecular weight is 421 g/mol. The first kappa shape index (κ1) is 20.6. The monoisotopic (exact) mass is 420 g/mol. The van der Waals surface area contributed by atoms with Gasteiger partial charge in [-0.05, 0) is 80.9 Å². The van der Waals surface area contributed by atoms with Crippen molar-refractivity contribution in [2.75, 3.05) is 13.2 Å². The summed E-state index contributed by atoms with van der Waals surface area (Å²) >= 11 is 5.70. The van der Waals surface area contributed by atoms with Crippen LogP contribution in [0.25, 0.3) is 5.69 Å². The van der Waals surface area contributed by atoms with Gasteiger partial charge in [0.25, 0.3) is 0 Å². The van der Waals surface area contributed by atoms with E-state index in [1.807, 2.05) is 24.4 Å². The van der Waals surface area contributed by atoms with Crippen molar-refractivity contribution in [3.8, 4) is 5.69 Å². The van der Waals surface area contributed by atoms with Crippen LogP contribution in [0, 0.1) is 20.8 Å². The number of aromatic nitrogens is 2. The molecular weight excluding hydrogens is 392 g/mol. The van der Waals surface area contributed by atoms with E-state index in [4.69, 9.17) is 12.2 Å². The summed E-state index contributed by atoms with van der Waals surface area (Å²) in [6.07, 6.45) is 2.49. The van der Waals surface area contributed by atoms with Gasteiger partial charge in [-0.25, -0.2) is 0 Å². The van der Waals surface area contributed by atoms with Crippen LogP contribution in [-0.4, -0.2) is 37.8 Å². The fourth-order valence-electron chi connectivity index (χ4n) is 4.48. The number of nitrogens with zero attached hydrogens (tertiary/aromatic N) is 3. The first-order chi connectivity index (χ1) is 14.5. The van der Waals surface area contributed by atoms with Crippen molar-refractivity contribution in [3.05, 3.63) is 82.9 Å². The Hall–Kier alpha value is -2.70. The van der Waals surface area contributed by atoms with Crippen LogP contribution in [0.2, 0.25) is 0 Å². The van der Waals surface area contributed by atoms with E-state index in [1.165, 1.54) is 28.2 Å². The summed E-state index contributed by atoms with van der Waals surface area (Å²) in [4.78, 5) is 6.81. The number of benzene rings is 1. The van der Waals surface area contributed by atoms with Gasteiger partial charge in [-0.3, -0.25) is 4.98 Å². The van der Waals surface area contributed by atoms with Gasteiger partial charge in [0.1, 0.15) is 0 Å². The summed E-state index contributed by atoms with van der Waals surface area (Å²) in [6.45, 7) is 7.28. The lowest BCUT2D eigenvalue weighted by Crippen LogP contribution is -2.31. The molecule has 1 fully saturated rings. The van der Waals surface area contributed by atoms with Crippen LogP contribution < -0.4 is 5.32 Å². The minimum atomic E-state index is -0.0381. The second-order valence-corrected chi connectivity index (χ2v) is 8.28. The zero-order valence-electron chi connectivity index (χ0n) is 17.7. The van der Waals surface area contributed by atoms with E-state index in [-0.39, 0.29) is 18.7 Å². The van der Waals surface area contributed by atoms with Gasteiger partial charge in [0, 0.05) is 36.4 Å². The number of hydrogen-bond donors (Lipinski definition) is 2. The molecule has 6 heteroatoms. The van der Waals surface area contributed by atoms with Crippen LogP contribution in [0.3, 0.4) is 0 Å². The van der Waals surface area contributed by atoms with Crippen molar-refractivity contribution in [3.63, 3.8) is 0 Å². The molecule has 0 aliphatic carbocycles. The highest BCUT2D eigenvalue weighted by Crippen LogP contribution is 2.41. The quantitative estimate of drug-likeness (QED) is 0.587. The first-order valence-corrected chi connectivity index (χ1v) is 10.8. The van der Waals surface area contributed by atoms with Crippen molar-refractivity contribution in [1.29, 1.82) is 0 Å². The molecule has 30 heavy (non-hydrogen) atoms. The van der Waals surface area contributed by atoms with Crippen LogP contribution in [0.1, 0.15) is 46.7 Å². The predicted molar refractivity (Wildman–Crippen MR) is 124 cm³/mol. The van der Waals surface area contributed by atoms with Gasteiger partial charge in [-0.1, -0.05) is 18.2 Å². The summed E-state index contributed by atoms with van der Waals surface area (Å²) in [5.74, 6) is 0. The molecule has 0 unspecified atom stereocenters. The molecule has 1 aliphatic heterocycles. The molecule has 0 radical (unpaired) electrons. The molecule has 2 N–H and O–H groups in total. The van der Waals surface area contributed by atoms with Gasteiger partial charge in [0.15, 0.2) is 5.11 Å². The Labute approximate surface area is 183 Å². The Morgan fingerprint density at radius 2 is 1.93 bits per heavy atom. The topological polar surface area (TPSA) is 53.3 Å². The molecule has 0 spiro atoms. The zero-order valence-corrected chi connectivity index (χ0v) is 18.5. The Balaban J connectivity index is 1.82. The molecule has 3 heterocycles. The first-order valence-electron chi connectivity index (χ1n) is 10.4. The lowest BCUT2D eigenvalue weighted by Gasteiger charge is -2.28. The maximum atomic E-state index is 9.42. The molecule has 0 amide bonds. The summed E-state index contributed by atoms with van der Waals surface area (Å²) in [5, 5.41) is 13.6. The molecule has 0 bridgehead atoms. The van der Waals surface area contributed by atoms with E-state index >= 15 is 0 Å². The minimum absolute atomic E-state index is 0.0173. The Kier molecular flexibility index (Phi) is 5.88. The van der Waals surface area contributed by atoms with E-state index in [9.17, 15) is 5.11 Å². The van der Waals surface area contributed by atoms with Crippen molar-refractivity contribution in [2.45, 2.75) is 39.3 Å². The van der Waals surface area contributed by atoms with Crippen LogP contribution >= 0.6 is 12.2 Å². The van der Waals surface area contributed by atoms with Crippen LogP contribution in [0.4, 0.5) is 0 Å². The Morgan fingerprint density at radius 1 is 1.10 bits per heavy atom. The van der Waals surface area contributed by atoms with Gasteiger partial charge in [-0.15, -0.1) is 0 Å². The van der Waals surface area contributed by atoms with Crippen molar-refractivity contribution in [2.24, 2.45) is 0 Å². The lowest BCUT2D eigenvalue weighted by molar-refractivity contribution is 0.247. The van der Waals surface area contributed by atoms with Crippen molar-refractivity contribution >= 4 is 17.3 Å². The number of thiocarbonyl (C=S) groups is 1. The van der Waals surface area contributed by atoms with Gasteiger partial charge in [0.2, 0.25) is 0 Å². The van der Waals surface area contributed by atoms with Crippen molar-refractivity contribution < 1.29 is 5.11 Å². The van der Waals surface area contributed by atoms with Gasteiger partial charge < -0.3 is 19.9 Å². The number of aliphatic hydroxyl groups excluding tert-OH is 1. The molecule has 1 aromatic carbocycles. The minimum Gasteiger partial charge on any atom is -0.396 e. The van der Waals surface area contributed by atoms with E-state index in [2.05, 4.69) is 70.9 Å². The molecule has 4 rings (SSSR count). The van der Waals surface area contributed by atoms with Crippen LogP contribution in [-0.2, 0) is 0 Å². The summed E-state index contributed by atoms with van der Waals surface area (Å²) in [5.41, 5.74) is 6.99. The second-order valence-electron chi connectivity index (χ2n) is 7.90. The van der Waals surface area contributed by atoms with E-state index < -0.39 is 0 Å². The Morgan fingerprint density at radius 3 is 2.63 bits per heavy atom. The second kappa shape index (κ2) is 8.58. The maximum Gasteiger partial charge on any atom is 0.170 e. The Bertz CT molecular complexity index is 1050.